The molecule has 0 spiro atoms. The average Bonchev–Trinajstić information content (AvgIpc) is 3.10. The quantitative estimate of drug-likeness (QED) is 0.856. The van der Waals surface area contributed by atoms with Crippen LogP contribution in [0.4, 0.5) is 0 Å². The number of hydrogen-bond donors (Lipinski definition) is 1. The Morgan fingerprint density at radius 3 is 2.53 bits per heavy atom. The number of likely N-dealkylation sites (N-methyl/N-ethyl adjacent to an activating group) is 1. The molecular formula is C15H28N4. The molecule has 0 bridgehead atoms. The smallest absolute Gasteiger partial charge is 0.0538 e. The normalized spacial score (nSPS) is 21.5. The number of nitrogens with zero attached hydrogens (tertiary/aromatic N) is 3. The maximum absolute atomic E-state index is 4.44. The summed E-state index contributed by atoms with van der Waals surface area (Å²) in [6.45, 7) is 10.2. The lowest BCUT2D eigenvalue weighted by Gasteiger charge is -2.44. The molecule has 2 heterocycles. The van der Waals surface area contributed by atoms with Gasteiger partial charge in [0.15, 0.2) is 0 Å². The Labute approximate surface area is 117 Å². The van der Waals surface area contributed by atoms with Crippen LogP contribution in [0.3, 0.4) is 0 Å². The zero-order valence-corrected chi connectivity index (χ0v) is 12.8. The first-order chi connectivity index (χ1) is 9.15. The Morgan fingerprint density at radius 1 is 1.37 bits per heavy atom. The highest BCUT2D eigenvalue weighted by molar-refractivity contribution is 5.17. The Kier molecular flexibility index (Phi) is 4.63. The Bertz CT molecular complexity index is 395. The zero-order valence-electron chi connectivity index (χ0n) is 12.8. The van der Waals surface area contributed by atoms with Gasteiger partial charge >= 0.3 is 0 Å². The van der Waals surface area contributed by atoms with Gasteiger partial charge in [-0.1, -0.05) is 6.92 Å². The topological polar surface area (TPSA) is 33.1 Å². The summed E-state index contributed by atoms with van der Waals surface area (Å²) in [4.78, 5) is 2.65. The van der Waals surface area contributed by atoms with Crippen molar-refractivity contribution in [2.75, 3.05) is 20.1 Å². The SMILES string of the molecule is CCn1cc(C(NC)C(C)(CC)N2CCCC2)cn1. The van der Waals surface area contributed by atoms with Crippen LogP contribution in [0.1, 0.15) is 51.6 Å². The van der Waals surface area contributed by atoms with Crippen molar-refractivity contribution in [2.24, 2.45) is 0 Å². The predicted octanol–water partition coefficient (Wildman–Crippen LogP) is 2.43. The summed E-state index contributed by atoms with van der Waals surface area (Å²) < 4.78 is 2.01. The van der Waals surface area contributed by atoms with Gasteiger partial charge in [-0.2, -0.15) is 5.10 Å². The van der Waals surface area contributed by atoms with Gasteiger partial charge in [-0.3, -0.25) is 9.58 Å². The molecule has 0 aliphatic carbocycles. The molecule has 4 heteroatoms. The number of hydrogen-bond acceptors (Lipinski definition) is 3. The average molecular weight is 264 g/mol. The summed E-state index contributed by atoms with van der Waals surface area (Å²) in [6.07, 6.45) is 8.02. The second-order valence-electron chi connectivity index (χ2n) is 5.76. The van der Waals surface area contributed by atoms with E-state index in [2.05, 4.69) is 49.3 Å². The van der Waals surface area contributed by atoms with Crippen molar-refractivity contribution < 1.29 is 0 Å². The van der Waals surface area contributed by atoms with Crippen molar-refractivity contribution in [3.8, 4) is 0 Å². The summed E-state index contributed by atoms with van der Waals surface area (Å²) in [7, 11) is 2.07. The molecule has 1 N–H and O–H groups in total. The van der Waals surface area contributed by atoms with Crippen LogP contribution in [0.5, 0.6) is 0 Å². The molecule has 1 fully saturated rings. The summed E-state index contributed by atoms with van der Waals surface area (Å²) >= 11 is 0. The van der Waals surface area contributed by atoms with Crippen molar-refractivity contribution in [1.82, 2.24) is 20.0 Å². The van der Waals surface area contributed by atoms with E-state index in [9.17, 15) is 0 Å². The number of aryl methyl sites for hydroxylation is 1. The summed E-state index contributed by atoms with van der Waals surface area (Å²) in [5, 5.41) is 7.97. The van der Waals surface area contributed by atoms with Crippen molar-refractivity contribution in [1.29, 1.82) is 0 Å². The minimum absolute atomic E-state index is 0.173. The van der Waals surface area contributed by atoms with Crippen LogP contribution in [-0.2, 0) is 6.54 Å². The van der Waals surface area contributed by atoms with E-state index in [4.69, 9.17) is 0 Å². The molecule has 2 unspecified atom stereocenters. The highest BCUT2D eigenvalue weighted by atomic mass is 15.3. The zero-order chi connectivity index (χ0) is 13.9. The first kappa shape index (κ1) is 14.5. The Morgan fingerprint density at radius 2 is 2.05 bits per heavy atom. The van der Waals surface area contributed by atoms with Gasteiger partial charge in [-0.15, -0.1) is 0 Å². The second-order valence-corrected chi connectivity index (χ2v) is 5.76. The lowest BCUT2D eigenvalue weighted by Crippen LogP contribution is -2.52. The van der Waals surface area contributed by atoms with Gasteiger partial charge in [-0.05, 0) is 53.2 Å². The van der Waals surface area contributed by atoms with E-state index >= 15 is 0 Å². The molecule has 19 heavy (non-hydrogen) atoms. The molecule has 1 aromatic rings. The Hall–Kier alpha value is -0.870. The summed E-state index contributed by atoms with van der Waals surface area (Å²) in [6, 6.07) is 0.343. The van der Waals surface area contributed by atoms with Crippen molar-refractivity contribution in [3.63, 3.8) is 0 Å². The van der Waals surface area contributed by atoms with Gasteiger partial charge in [-0.25, -0.2) is 0 Å². The molecule has 1 saturated heterocycles. The van der Waals surface area contributed by atoms with Gasteiger partial charge in [0.1, 0.15) is 0 Å². The van der Waals surface area contributed by atoms with Crippen LogP contribution in [0.2, 0.25) is 0 Å². The molecule has 0 aromatic carbocycles. The number of rotatable bonds is 6. The fourth-order valence-corrected chi connectivity index (χ4v) is 3.38. The maximum atomic E-state index is 4.44. The molecular weight excluding hydrogens is 236 g/mol. The molecule has 1 aromatic heterocycles. The van der Waals surface area contributed by atoms with Crippen molar-refractivity contribution in [3.05, 3.63) is 18.0 Å². The summed E-state index contributed by atoms with van der Waals surface area (Å²) in [5.41, 5.74) is 1.48. The third kappa shape index (κ3) is 2.70. The van der Waals surface area contributed by atoms with Gasteiger partial charge in [0.25, 0.3) is 0 Å². The van der Waals surface area contributed by atoms with E-state index in [1.807, 2.05) is 10.9 Å². The number of aromatic nitrogens is 2. The van der Waals surface area contributed by atoms with E-state index in [0.717, 1.165) is 13.0 Å². The van der Waals surface area contributed by atoms with Crippen LogP contribution in [0, 0.1) is 0 Å². The van der Waals surface area contributed by atoms with Gasteiger partial charge in [0.2, 0.25) is 0 Å². The first-order valence-electron chi connectivity index (χ1n) is 7.60. The molecule has 2 rings (SSSR count). The van der Waals surface area contributed by atoms with E-state index < -0.39 is 0 Å². The molecule has 0 saturated carbocycles. The van der Waals surface area contributed by atoms with Crippen LogP contribution in [-0.4, -0.2) is 40.4 Å². The van der Waals surface area contributed by atoms with Crippen molar-refractivity contribution >= 4 is 0 Å². The highest BCUT2D eigenvalue weighted by Crippen LogP contribution is 2.36. The molecule has 108 valence electrons. The molecule has 2 atom stereocenters. The lowest BCUT2D eigenvalue weighted by atomic mass is 9.84. The fraction of sp³-hybridized carbons (Fsp3) is 0.800. The third-order valence-corrected chi connectivity index (χ3v) is 4.77. The second kappa shape index (κ2) is 6.06. The highest BCUT2D eigenvalue weighted by Gasteiger charge is 2.39. The third-order valence-electron chi connectivity index (χ3n) is 4.77. The van der Waals surface area contributed by atoms with Crippen molar-refractivity contribution in [2.45, 2.75) is 58.2 Å². The Balaban J connectivity index is 2.26. The summed E-state index contributed by atoms with van der Waals surface area (Å²) in [5.74, 6) is 0. The largest absolute Gasteiger partial charge is 0.311 e. The number of nitrogens with one attached hydrogen (secondary N) is 1. The maximum Gasteiger partial charge on any atom is 0.0538 e. The molecule has 0 radical (unpaired) electrons. The van der Waals surface area contributed by atoms with Gasteiger partial charge in [0.05, 0.1) is 12.2 Å². The first-order valence-corrected chi connectivity index (χ1v) is 7.60. The number of likely N-dealkylation sites (tertiary alicyclic amines) is 1. The van der Waals surface area contributed by atoms with Crippen LogP contribution < -0.4 is 5.32 Å². The van der Waals surface area contributed by atoms with Gasteiger partial charge < -0.3 is 5.32 Å². The predicted molar refractivity (Wildman–Crippen MR) is 79.2 cm³/mol. The van der Waals surface area contributed by atoms with E-state index in [1.54, 1.807) is 0 Å². The molecule has 0 amide bonds. The van der Waals surface area contributed by atoms with Crippen LogP contribution in [0.15, 0.2) is 12.4 Å². The standard InChI is InChI=1S/C15H28N4/c1-5-15(3,18-9-7-8-10-18)14(16-4)13-11-17-19(6-2)12-13/h11-12,14,16H,5-10H2,1-4H3. The van der Waals surface area contributed by atoms with Gasteiger partial charge in [0, 0.05) is 23.8 Å². The molecule has 4 nitrogen and oxygen atoms in total. The van der Waals surface area contributed by atoms with E-state index in [0.29, 0.717) is 6.04 Å². The van der Waals surface area contributed by atoms with Crippen LogP contribution >= 0.6 is 0 Å². The molecule has 1 aliphatic rings. The van der Waals surface area contributed by atoms with E-state index in [-0.39, 0.29) is 5.54 Å². The monoisotopic (exact) mass is 264 g/mol. The van der Waals surface area contributed by atoms with E-state index in [1.165, 1.54) is 31.5 Å². The fourth-order valence-electron chi connectivity index (χ4n) is 3.38. The van der Waals surface area contributed by atoms with Crippen LogP contribution in [0.25, 0.3) is 0 Å². The lowest BCUT2D eigenvalue weighted by molar-refractivity contribution is 0.0872. The molecule has 1 aliphatic heterocycles. The minimum atomic E-state index is 0.173. The minimum Gasteiger partial charge on any atom is -0.311 e.